The number of thiazole rings is 1. The highest BCUT2D eigenvalue weighted by atomic mass is 32.1. The quantitative estimate of drug-likeness (QED) is 0.868. The topological polar surface area (TPSA) is 42.4 Å². The van der Waals surface area contributed by atoms with Crippen molar-refractivity contribution in [1.82, 2.24) is 9.88 Å². The van der Waals surface area contributed by atoms with Gasteiger partial charge >= 0.3 is 0 Å². The number of piperidine rings is 1. The highest BCUT2D eigenvalue weighted by Crippen LogP contribution is 2.38. The third-order valence-electron chi connectivity index (χ3n) is 4.88. The van der Waals surface area contributed by atoms with Crippen molar-refractivity contribution in [3.63, 3.8) is 0 Å². The normalized spacial score (nSPS) is 24.5. The highest BCUT2D eigenvalue weighted by molar-refractivity contribution is 7.09. The molecule has 2 aliphatic rings. The predicted octanol–water partition coefficient (Wildman–Crippen LogP) is 3.34. The number of hydrogen-bond acceptors (Lipinski definition) is 4. The number of amides is 1. The monoisotopic (exact) mass is 328 g/mol. The summed E-state index contributed by atoms with van der Waals surface area (Å²) in [6.07, 6.45) is 2.68. The van der Waals surface area contributed by atoms with E-state index >= 15 is 0 Å². The van der Waals surface area contributed by atoms with Crippen molar-refractivity contribution in [3.8, 4) is 11.3 Å². The van der Waals surface area contributed by atoms with Gasteiger partial charge in [-0.15, -0.1) is 11.3 Å². The molecule has 4 nitrogen and oxygen atoms in total. The van der Waals surface area contributed by atoms with Crippen LogP contribution in [0.1, 0.15) is 24.3 Å². The van der Waals surface area contributed by atoms with Crippen molar-refractivity contribution in [3.05, 3.63) is 40.7 Å². The standard InChI is InChI=1S/C18H20N2O2S/c21-17-6-7-18(8-9-22-13-18)12-20(17)10-16-19-15(11-23-16)14-4-2-1-3-5-14/h1-5,11H,6-10,12-13H2/t18-/m0/s1. The maximum atomic E-state index is 12.3. The molecule has 0 aliphatic carbocycles. The van der Waals surface area contributed by atoms with Gasteiger partial charge in [-0.25, -0.2) is 4.98 Å². The van der Waals surface area contributed by atoms with E-state index in [0.29, 0.717) is 13.0 Å². The van der Waals surface area contributed by atoms with Crippen molar-refractivity contribution >= 4 is 17.2 Å². The van der Waals surface area contributed by atoms with Crippen molar-refractivity contribution < 1.29 is 9.53 Å². The molecule has 1 spiro atoms. The van der Waals surface area contributed by atoms with Gasteiger partial charge in [0.25, 0.3) is 0 Å². The van der Waals surface area contributed by atoms with Crippen molar-refractivity contribution in [1.29, 1.82) is 0 Å². The summed E-state index contributed by atoms with van der Waals surface area (Å²) in [4.78, 5) is 19.0. The van der Waals surface area contributed by atoms with Gasteiger partial charge in [0.2, 0.25) is 5.91 Å². The summed E-state index contributed by atoms with van der Waals surface area (Å²) in [6.45, 7) is 3.06. The molecule has 1 amide bonds. The fraction of sp³-hybridized carbons (Fsp3) is 0.444. The van der Waals surface area contributed by atoms with E-state index < -0.39 is 0 Å². The molecule has 4 rings (SSSR count). The highest BCUT2D eigenvalue weighted by Gasteiger charge is 2.41. The molecular weight excluding hydrogens is 308 g/mol. The number of hydrogen-bond donors (Lipinski definition) is 0. The van der Waals surface area contributed by atoms with Gasteiger partial charge in [0.15, 0.2) is 0 Å². The lowest BCUT2D eigenvalue weighted by Gasteiger charge is -2.38. The van der Waals surface area contributed by atoms with Crippen molar-refractivity contribution in [2.75, 3.05) is 19.8 Å². The van der Waals surface area contributed by atoms with E-state index in [-0.39, 0.29) is 11.3 Å². The summed E-state index contributed by atoms with van der Waals surface area (Å²) >= 11 is 1.63. The zero-order valence-electron chi connectivity index (χ0n) is 13.0. The SMILES string of the molecule is O=C1CC[C@]2(CCOC2)CN1Cc1nc(-c2ccccc2)cs1. The summed E-state index contributed by atoms with van der Waals surface area (Å²) in [5.41, 5.74) is 2.31. The van der Waals surface area contributed by atoms with Crippen LogP contribution in [0.5, 0.6) is 0 Å². The maximum absolute atomic E-state index is 12.3. The molecule has 1 aromatic heterocycles. The molecule has 5 heteroatoms. The minimum Gasteiger partial charge on any atom is -0.381 e. The molecule has 0 saturated carbocycles. The lowest BCUT2D eigenvalue weighted by atomic mass is 9.79. The summed E-state index contributed by atoms with van der Waals surface area (Å²) in [5.74, 6) is 0.249. The van der Waals surface area contributed by atoms with Gasteiger partial charge in [0.1, 0.15) is 5.01 Å². The molecule has 0 radical (unpaired) electrons. The third-order valence-corrected chi connectivity index (χ3v) is 5.71. The van der Waals surface area contributed by atoms with Gasteiger partial charge in [0, 0.05) is 35.9 Å². The summed E-state index contributed by atoms with van der Waals surface area (Å²) < 4.78 is 5.58. The molecular formula is C18H20N2O2S. The Morgan fingerprint density at radius 3 is 2.91 bits per heavy atom. The Hall–Kier alpha value is -1.72. The predicted molar refractivity (Wildman–Crippen MR) is 90.1 cm³/mol. The number of likely N-dealkylation sites (tertiary alicyclic amines) is 1. The van der Waals surface area contributed by atoms with Crippen LogP contribution in [0.4, 0.5) is 0 Å². The van der Waals surface area contributed by atoms with E-state index in [1.165, 1.54) is 0 Å². The number of carbonyl (C=O) groups excluding carboxylic acids is 1. The van der Waals surface area contributed by atoms with E-state index in [4.69, 9.17) is 9.72 Å². The largest absolute Gasteiger partial charge is 0.381 e. The first-order chi connectivity index (χ1) is 11.2. The van der Waals surface area contributed by atoms with Gasteiger partial charge in [-0.3, -0.25) is 4.79 Å². The first kappa shape index (κ1) is 14.8. The first-order valence-corrected chi connectivity index (χ1v) is 8.97. The number of benzene rings is 1. The van der Waals surface area contributed by atoms with E-state index in [0.717, 1.165) is 48.9 Å². The van der Waals surface area contributed by atoms with Crippen LogP contribution in [0.2, 0.25) is 0 Å². The summed E-state index contributed by atoms with van der Waals surface area (Å²) in [6, 6.07) is 10.2. The van der Waals surface area contributed by atoms with Gasteiger partial charge in [-0.1, -0.05) is 30.3 Å². The molecule has 3 heterocycles. The Morgan fingerprint density at radius 2 is 2.13 bits per heavy atom. The number of ether oxygens (including phenoxy) is 1. The van der Waals surface area contributed by atoms with Crippen LogP contribution in [0.25, 0.3) is 11.3 Å². The number of aromatic nitrogens is 1. The van der Waals surface area contributed by atoms with Crippen LogP contribution < -0.4 is 0 Å². The van der Waals surface area contributed by atoms with Crippen molar-refractivity contribution in [2.24, 2.45) is 5.41 Å². The second kappa shape index (κ2) is 6.06. The molecule has 2 saturated heterocycles. The minimum absolute atomic E-state index is 0.188. The van der Waals surface area contributed by atoms with Gasteiger partial charge in [-0.05, 0) is 12.8 Å². The summed E-state index contributed by atoms with van der Waals surface area (Å²) in [7, 11) is 0. The van der Waals surface area contributed by atoms with Gasteiger partial charge in [0.05, 0.1) is 18.8 Å². The number of nitrogens with zero attached hydrogens (tertiary/aromatic N) is 2. The molecule has 0 unspecified atom stereocenters. The Kier molecular flexibility index (Phi) is 3.91. The van der Waals surface area contributed by atoms with Crippen LogP contribution in [-0.4, -0.2) is 35.5 Å². The molecule has 0 bridgehead atoms. The first-order valence-electron chi connectivity index (χ1n) is 8.10. The Labute approximate surface area is 140 Å². The van der Waals surface area contributed by atoms with Gasteiger partial charge < -0.3 is 9.64 Å². The van der Waals surface area contributed by atoms with Gasteiger partial charge in [-0.2, -0.15) is 0 Å². The van der Waals surface area contributed by atoms with Crippen LogP contribution >= 0.6 is 11.3 Å². The zero-order valence-corrected chi connectivity index (χ0v) is 13.8. The summed E-state index contributed by atoms with van der Waals surface area (Å²) in [5, 5.41) is 3.08. The molecule has 2 fully saturated rings. The van der Waals surface area contributed by atoms with Crippen LogP contribution in [0.15, 0.2) is 35.7 Å². The zero-order chi connectivity index (χ0) is 15.7. The molecule has 23 heavy (non-hydrogen) atoms. The second-order valence-corrected chi connectivity index (χ2v) is 7.49. The van der Waals surface area contributed by atoms with E-state index in [9.17, 15) is 4.79 Å². The third kappa shape index (κ3) is 3.03. The lowest BCUT2D eigenvalue weighted by molar-refractivity contribution is -0.138. The Balaban J connectivity index is 1.49. The van der Waals surface area contributed by atoms with Crippen LogP contribution in [-0.2, 0) is 16.1 Å². The average Bonchev–Trinajstić information content (AvgIpc) is 3.22. The number of rotatable bonds is 3. The van der Waals surface area contributed by atoms with Crippen LogP contribution in [0, 0.1) is 5.41 Å². The lowest BCUT2D eigenvalue weighted by Crippen LogP contribution is -2.46. The Bertz CT molecular complexity index is 692. The average molecular weight is 328 g/mol. The smallest absolute Gasteiger partial charge is 0.222 e. The van der Waals surface area contributed by atoms with Crippen molar-refractivity contribution in [2.45, 2.75) is 25.8 Å². The van der Waals surface area contributed by atoms with E-state index in [1.54, 1.807) is 11.3 Å². The maximum Gasteiger partial charge on any atom is 0.222 e. The Morgan fingerprint density at radius 1 is 1.26 bits per heavy atom. The van der Waals surface area contributed by atoms with E-state index in [2.05, 4.69) is 17.5 Å². The molecule has 2 aliphatic heterocycles. The molecule has 0 N–H and O–H groups in total. The number of carbonyl (C=O) groups is 1. The second-order valence-electron chi connectivity index (χ2n) is 6.54. The fourth-order valence-electron chi connectivity index (χ4n) is 3.51. The van der Waals surface area contributed by atoms with Crippen LogP contribution in [0.3, 0.4) is 0 Å². The molecule has 1 atom stereocenters. The molecule has 120 valence electrons. The molecule has 1 aromatic carbocycles. The fourth-order valence-corrected chi connectivity index (χ4v) is 4.32. The minimum atomic E-state index is 0.188. The molecule has 2 aromatic rings. The van der Waals surface area contributed by atoms with E-state index in [1.807, 2.05) is 23.1 Å².